The lowest BCUT2D eigenvalue weighted by atomic mass is 10.1. The molecule has 0 aliphatic carbocycles. The summed E-state index contributed by atoms with van der Waals surface area (Å²) in [4.78, 5) is 5.38. The monoisotopic (exact) mass is 604 g/mol. The third-order valence-electron chi connectivity index (χ3n) is 6.64. The van der Waals surface area contributed by atoms with Gasteiger partial charge in [0.1, 0.15) is 10.6 Å². The minimum Gasteiger partial charge on any atom is -0.505 e. The third kappa shape index (κ3) is 6.31. The van der Waals surface area contributed by atoms with Gasteiger partial charge in [0.2, 0.25) is 0 Å². The number of nitrogens with zero attached hydrogens (tertiary/aromatic N) is 4. The molecule has 0 heterocycles. The zero-order chi connectivity index (χ0) is 30.7. The van der Waals surface area contributed by atoms with Crippen LogP contribution in [0.2, 0.25) is 0 Å². The summed E-state index contributed by atoms with van der Waals surface area (Å²) in [6.07, 6.45) is 0. The fourth-order valence-electron chi connectivity index (χ4n) is 4.43. The predicted molar refractivity (Wildman–Crippen MR) is 169 cm³/mol. The molecule has 6 aromatic carbocycles. The van der Waals surface area contributed by atoms with E-state index in [4.69, 9.17) is 10.6 Å². The van der Waals surface area contributed by atoms with E-state index < -0.39 is 10.1 Å². The van der Waals surface area contributed by atoms with Crippen molar-refractivity contribution in [3.63, 3.8) is 0 Å². The molecule has 5 N–H and O–H groups in total. The minimum atomic E-state index is -4.39. The Morgan fingerprint density at radius 3 is 2.05 bits per heavy atom. The molecule has 0 bridgehead atoms. The first-order chi connectivity index (χ1) is 21.2. The zero-order valence-corrected chi connectivity index (χ0v) is 23.7. The Labute approximate surface area is 251 Å². The van der Waals surface area contributed by atoms with Crippen molar-refractivity contribution < 1.29 is 22.9 Å². The molecule has 218 valence electrons. The predicted octanol–water partition coefficient (Wildman–Crippen LogP) is 8.76. The van der Waals surface area contributed by atoms with Gasteiger partial charge in [-0.25, -0.2) is 5.48 Å². The lowest BCUT2D eigenvalue weighted by Gasteiger charge is -2.10. The summed E-state index contributed by atoms with van der Waals surface area (Å²) in [5.41, 5.74) is 11.7. The standard InChI is InChI=1S/C32H24N6O5S/c33-22-6-14-27(15-7-22)43-38-26-13-16-28-21(18-26)5-17-30(32(28)39)37-35-24-11-9-23(10-12-24)34-36-25-8-4-20-2-1-3-31(29(20)19-25)44(40,41)42/h1-19,38-39H,33H2,(H,40,41,42). The fourth-order valence-corrected chi connectivity index (χ4v) is 5.14. The van der Waals surface area contributed by atoms with Gasteiger partial charge >= 0.3 is 0 Å². The van der Waals surface area contributed by atoms with Crippen LogP contribution in [0.15, 0.2) is 141 Å². The maximum atomic E-state index is 11.7. The van der Waals surface area contributed by atoms with Crippen LogP contribution in [0.3, 0.4) is 0 Å². The van der Waals surface area contributed by atoms with Crippen molar-refractivity contribution in [1.82, 2.24) is 0 Å². The van der Waals surface area contributed by atoms with E-state index in [0.29, 0.717) is 56.0 Å². The number of anilines is 2. The lowest BCUT2D eigenvalue weighted by Crippen LogP contribution is -2.04. The van der Waals surface area contributed by atoms with E-state index in [1.165, 1.54) is 6.07 Å². The largest absolute Gasteiger partial charge is 0.505 e. The van der Waals surface area contributed by atoms with Crippen molar-refractivity contribution >= 4 is 65.8 Å². The third-order valence-corrected chi connectivity index (χ3v) is 7.56. The summed E-state index contributed by atoms with van der Waals surface area (Å²) < 4.78 is 33.0. The molecule has 0 radical (unpaired) electrons. The number of phenols is 1. The first-order valence-corrected chi connectivity index (χ1v) is 14.6. The van der Waals surface area contributed by atoms with Gasteiger partial charge in [0.25, 0.3) is 10.1 Å². The smallest absolute Gasteiger partial charge is 0.295 e. The molecule has 6 rings (SSSR count). The Balaban J connectivity index is 1.14. The maximum absolute atomic E-state index is 11.7. The van der Waals surface area contributed by atoms with Gasteiger partial charge in [0, 0.05) is 16.5 Å². The van der Waals surface area contributed by atoms with Gasteiger partial charge in [0.05, 0.1) is 22.7 Å². The first-order valence-electron chi connectivity index (χ1n) is 13.2. The van der Waals surface area contributed by atoms with Crippen LogP contribution in [0.25, 0.3) is 21.5 Å². The Morgan fingerprint density at radius 2 is 1.32 bits per heavy atom. The van der Waals surface area contributed by atoms with Crippen LogP contribution >= 0.6 is 0 Å². The molecular weight excluding hydrogens is 580 g/mol. The highest BCUT2D eigenvalue weighted by Gasteiger charge is 2.14. The van der Waals surface area contributed by atoms with Gasteiger partial charge in [0.15, 0.2) is 11.5 Å². The molecule has 12 heteroatoms. The van der Waals surface area contributed by atoms with Crippen LogP contribution in [0.5, 0.6) is 11.5 Å². The van der Waals surface area contributed by atoms with E-state index in [9.17, 15) is 18.1 Å². The lowest BCUT2D eigenvalue weighted by molar-refractivity contribution is 0.405. The summed E-state index contributed by atoms with van der Waals surface area (Å²) >= 11 is 0. The Kier molecular flexibility index (Phi) is 7.58. The number of benzene rings is 6. The zero-order valence-electron chi connectivity index (χ0n) is 22.9. The Hall–Kier alpha value is -5.85. The molecule has 44 heavy (non-hydrogen) atoms. The second kappa shape index (κ2) is 11.8. The number of aromatic hydroxyl groups is 1. The summed E-state index contributed by atoms with van der Waals surface area (Å²) in [5.74, 6) is 0.603. The van der Waals surface area contributed by atoms with Gasteiger partial charge < -0.3 is 15.7 Å². The quantitative estimate of drug-likeness (QED) is 0.0582. The number of nitrogens with two attached hydrogens (primary N) is 1. The van der Waals surface area contributed by atoms with Crippen molar-refractivity contribution in [2.75, 3.05) is 11.2 Å². The number of nitrogens with one attached hydrogen (secondary N) is 1. The molecule has 0 aromatic heterocycles. The fraction of sp³-hybridized carbons (Fsp3) is 0. The Morgan fingerprint density at radius 1 is 0.659 bits per heavy atom. The summed E-state index contributed by atoms with van der Waals surface area (Å²) in [7, 11) is -4.39. The van der Waals surface area contributed by atoms with Crippen LogP contribution in [0.4, 0.5) is 34.1 Å². The topological polar surface area (TPSA) is 171 Å². The number of phenolic OH excluding ortho intramolecular Hbond substituents is 1. The van der Waals surface area contributed by atoms with Gasteiger partial charge in [-0.15, -0.1) is 5.11 Å². The van der Waals surface area contributed by atoms with E-state index in [2.05, 4.69) is 25.9 Å². The number of fused-ring (bicyclic) bond motifs is 2. The molecule has 0 saturated carbocycles. The highest BCUT2D eigenvalue weighted by molar-refractivity contribution is 7.86. The molecule has 0 aliphatic heterocycles. The number of nitrogen functional groups attached to an aromatic ring is 1. The van der Waals surface area contributed by atoms with Crippen molar-refractivity contribution in [2.45, 2.75) is 4.90 Å². The molecule has 0 unspecified atom stereocenters. The molecule has 0 saturated heterocycles. The van der Waals surface area contributed by atoms with Crippen molar-refractivity contribution in [2.24, 2.45) is 20.5 Å². The molecule has 0 atom stereocenters. The van der Waals surface area contributed by atoms with Crippen LogP contribution in [0, 0.1) is 0 Å². The summed E-state index contributed by atoms with van der Waals surface area (Å²) in [6, 6.07) is 32.2. The second-order valence-electron chi connectivity index (χ2n) is 9.70. The van der Waals surface area contributed by atoms with Crippen molar-refractivity contribution in [3.05, 3.63) is 115 Å². The first kappa shape index (κ1) is 28.3. The summed E-state index contributed by atoms with van der Waals surface area (Å²) in [5, 5.41) is 30.0. The van der Waals surface area contributed by atoms with Crippen molar-refractivity contribution in [1.29, 1.82) is 0 Å². The summed E-state index contributed by atoms with van der Waals surface area (Å²) in [6.45, 7) is 0. The number of hydrogen-bond acceptors (Lipinski definition) is 10. The molecular formula is C32H24N6O5S. The van der Waals surface area contributed by atoms with E-state index in [1.54, 1.807) is 97.1 Å². The normalized spacial score (nSPS) is 11.9. The van der Waals surface area contributed by atoms with E-state index in [-0.39, 0.29) is 10.6 Å². The molecule has 11 nitrogen and oxygen atoms in total. The van der Waals surface area contributed by atoms with Gasteiger partial charge in [-0.1, -0.05) is 24.3 Å². The molecule has 0 spiro atoms. The van der Waals surface area contributed by atoms with Gasteiger partial charge in [-0.2, -0.15) is 23.8 Å². The Bertz CT molecular complexity index is 2170. The number of hydrogen-bond donors (Lipinski definition) is 4. The number of azo groups is 2. The number of rotatable bonds is 8. The van der Waals surface area contributed by atoms with E-state index in [1.807, 2.05) is 12.1 Å². The second-order valence-corrected chi connectivity index (χ2v) is 11.1. The average molecular weight is 605 g/mol. The van der Waals surface area contributed by atoms with Crippen LogP contribution < -0.4 is 16.1 Å². The highest BCUT2D eigenvalue weighted by Crippen LogP contribution is 2.37. The van der Waals surface area contributed by atoms with Crippen LogP contribution in [-0.2, 0) is 10.1 Å². The molecule has 0 amide bonds. The molecule has 6 aromatic rings. The van der Waals surface area contributed by atoms with Gasteiger partial charge in [-0.05, 0) is 102 Å². The average Bonchev–Trinajstić information content (AvgIpc) is 3.03. The van der Waals surface area contributed by atoms with E-state index in [0.717, 1.165) is 5.39 Å². The highest BCUT2D eigenvalue weighted by atomic mass is 32.2. The van der Waals surface area contributed by atoms with E-state index >= 15 is 0 Å². The van der Waals surface area contributed by atoms with Crippen LogP contribution in [-0.4, -0.2) is 18.1 Å². The molecule has 0 fully saturated rings. The molecule has 0 aliphatic rings. The minimum absolute atomic E-state index is 0.00443. The SMILES string of the molecule is Nc1ccc(ONc2ccc3c(O)c(N=Nc4ccc(N=Nc5ccc6cccc(S(=O)(=O)O)c6c5)cc4)ccc3c2)cc1. The van der Waals surface area contributed by atoms with Crippen LogP contribution in [0.1, 0.15) is 0 Å². The van der Waals surface area contributed by atoms with Crippen molar-refractivity contribution in [3.8, 4) is 11.5 Å². The maximum Gasteiger partial charge on any atom is 0.295 e. The van der Waals surface area contributed by atoms with Gasteiger partial charge in [-0.3, -0.25) is 4.55 Å².